The van der Waals surface area contributed by atoms with Gasteiger partial charge in [0.05, 0.1) is 13.2 Å². The van der Waals surface area contributed by atoms with Gasteiger partial charge >= 0.3 is 0 Å². The highest BCUT2D eigenvalue weighted by molar-refractivity contribution is 5.87. The molecule has 0 radical (unpaired) electrons. The summed E-state index contributed by atoms with van der Waals surface area (Å²) in [5, 5.41) is 0. The zero-order valence-electron chi connectivity index (χ0n) is 16.2. The van der Waals surface area contributed by atoms with Gasteiger partial charge < -0.3 is 9.47 Å². The third kappa shape index (κ3) is 2.03. The van der Waals surface area contributed by atoms with Crippen LogP contribution in [0.2, 0.25) is 0 Å². The number of fused-ring (bicyclic) bond motifs is 5. The van der Waals surface area contributed by atoms with E-state index in [1.807, 2.05) is 0 Å². The lowest BCUT2D eigenvalue weighted by atomic mass is 9.40. The van der Waals surface area contributed by atoms with Gasteiger partial charge in [-0.3, -0.25) is 4.79 Å². The standard InChI is InChI=1S/C22H34O3/c1-19-8-6-15-16-4-5-18(23)20(16,2)9-7-17(15)21(19,3)10-11-22(14-19)24-12-13-25-22/h15-17H,4-14H2,1-3H3/t15-,16-,17-,19+,20+,21-/m0/s1. The van der Waals surface area contributed by atoms with Gasteiger partial charge in [0.1, 0.15) is 5.78 Å². The third-order valence-corrected chi connectivity index (χ3v) is 9.87. The molecule has 1 spiro atoms. The molecule has 25 heavy (non-hydrogen) atoms. The van der Waals surface area contributed by atoms with Gasteiger partial charge in [-0.15, -0.1) is 0 Å². The number of ketones is 1. The largest absolute Gasteiger partial charge is 0.348 e. The highest BCUT2D eigenvalue weighted by atomic mass is 16.7. The highest BCUT2D eigenvalue weighted by Gasteiger charge is 2.65. The van der Waals surface area contributed by atoms with Gasteiger partial charge in [0, 0.05) is 24.7 Å². The van der Waals surface area contributed by atoms with Gasteiger partial charge in [-0.05, 0) is 67.1 Å². The summed E-state index contributed by atoms with van der Waals surface area (Å²) in [6.45, 7) is 8.91. The highest BCUT2D eigenvalue weighted by Crippen LogP contribution is 2.70. The first-order valence-electron chi connectivity index (χ1n) is 10.6. The van der Waals surface area contributed by atoms with Crippen molar-refractivity contribution in [3.05, 3.63) is 0 Å². The van der Waals surface area contributed by atoms with Crippen LogP contribution in [-0.2, 0) is 14.3 Å². The van der Waals surface area contributed by atoms with Crippen LogP contribution in [0.4, 0.5) is 0 Å². The van der Waals surface area contributed by atoms with Crippen molar-refractivity contribution in [1.29, 1.82) is 0 Å². The third-order valence-electron chi connectivity index (χ3n) is 9.87. The molecule has 1 saturated heterocycles. The topological polar surface area (TPSA) is 35.5 Å². The van der Waals surface area contributed by atoms with Crippen molar-refractivity contribution in [2.45, 2.75) is 84.3 Å². The molecule has 0 aromatic heterocycles. The Morgan fingerprint density at radius 3 is 2.40 bits per heavy atom. The number of hydrogen-bond acceptors (Lipinski definition) is 3. The van der Waals surface area contributed by atoms with Crippen molar-refractivity contribution in [2.75, 3.05) is 13.2 Å². The number of hydrogen-bond donors (Lipinski definition) is 0. The van der Waals surface area contributed by atoms with Crippen LogP contribution in [0, 0.1) is 34.0 Å². The minimum absolute atomic E-state index is 0.00116. The van der Waals surface area contributed by atoms with Gasteiger partial charge in [0.15, 0.2) is 5.79 Å². The first-order valence-corrected chi connectivity index (χ1v) is 10.6. The quantitative estimate of drug-likeness (QED) is 0.636. The zero-order valence-corrected chi connectivity index (χ0v) is 16.2. The van der Waals surface area contributed by atoms with Gasteiger partial charge in [0.2, 0.25) is 0 Å². The second-order valence-corrected chi connectivity index (χ2v) is 10.6. The molecule has 140 valence electrons. The summed E-state index contributed by atoms with van der Waals surface area (Å²) in [5.74, 6) is 2.48. The van der Waals surface area contributed by atoms with Crippen LogP contribution < -0.4 is 0 Å². The van der Waals surface area contributed by atoms with Crippen molar-refractivity contribution < 1.29 is 14.3 Å². The van der Waals surface area contributed by atoms with E-state index < -0.39 is 0 Å². The van der Waals surface area contributed by atoms with Crippen molar-refractivity contribution in [1.82, 2.24) is 0 Å². The molecular formula is C22H34O3. The SMILES string of the molecule is C[C@]12CC[C@H]3[C@@H]4CCC(=O)[C@]4(C)CC[C@@H]3[C@]1(C)CCC1(C2)OCCO1. The van der Waals surface area contributed by atoms with E-state index in [-0.39, 0.29) is 11.2 Å². The number of carbonyl (C=O) groups excluding carboxylic acids is 1. The minimum Gasteiger partial charge on any atom is -0.348 e. The summed E-state index contributed by atoms with van der Waals surface area (Å²) >= 11 is 0. The summed E-state index contributed by atoms with van der Waals surface area (Å²) in [6, 6.07) is 0. The normalized spacial score (nSPS) is 54.2. The van der Waals surface area contributed by atoms with E-state index in [1.165, 1.54) is 25.7 Å². The molecule has 5 rings (SSSR count). The molecule has 1 aliphatic heterocycles. The summed E-state index contributed by atoms with van der Waals surface area (Å²) in [6.07, 6.45) is 10.3. The van der Waals surface area contributed by atoms with Crippen LogP contribution in [0.15, 0.2) is 0 Å². The van der Waals surface area contributed by atoms with Crippen LogP contribution in [0.5, 0.6) is 0 Å². The number of rotatable bonds is 0. The van der Waals surface area contributed by atoms with Crippen molar-refractivity contribution in [2.24, 2.45) is 34.0 Å². The minimum atomic E-state index is -0.284. The van der Waals surface area contributed by atoms with Crippen LogP contribution >= 0.6 is 0 Å². The average molecular weight is 347 g/mol. The predicted molar refractivity (Wildman–Crippen MR) is 96.0 cm³/mol. The van der Waals surface area contributed by atoms with Crippen molar-refractivity contribution >= 4 is 5.78 Å². The van der Waals surface area contributed by atoms with Crippen LogP contribution in [-0.4, -0.2) is 24.8 Å². The smallest absolute Gasteiger partial charge is 0.169 e. The van der Waals surface area contributed by atoms with Crippen LogP contribution in [0.25, 0.3) is 0 Å². The number of Topliss-reactive ketones (excluding diaryl/α,β-unsaturated/α-hetero) is 1. The molecular weight excluding hydrogens is 312 g/mol. The van der Waals surface area contributed by atoms with Crippen LogP contribution in [0.3, 0.4) is 0 Å². The molecule has 5 fully saturated rings. The van der Waals surface area contributed by atoms with Crippen LogP contribution in [0.1, 0.15) is 78.6 Å². The molecule has 0 aromatic carbocycles. The lowest BCUT2D eigenvalue weighted by Crippen LogP contribution is -2.60. The maximum Gasteiger partial charge on any atom is 0.169 e. The lowest BCUT2D eigenvalue weighted by molar-refractivity contribution is -0.256. The fourth-order valence-electron chi connectivity index (χ4n) is 8.12. The van der Waals surface area contributed by atoms with Gasteiger partial charge in [-0.1, -0.05) is 20.8 Å². The predicted octanol–water partition coefficient (Wildman–Crippen LogP) is 4.73. The van der Waals surface area contributed by atoms with Gasteiger partial charge in [-0.25, -0.2) is 0 Å². The Hall–Kier alpha value is -0.410. The van der Waals surface area contributed by atoms with Crippen molar-refractivity contribution in [3.63, 3.8) is 0 Å². The first kappa shape index (κ1) is 16.7. The molecule has 5 aliphatic rings. The second-order valence-electron chi connectivity index (χ2n) is 10.6. The average Bonchev–Trinajstić information content (AvgIpc) is 3.14. The molecule has 4 aliphatic carbocycles. The number of ether oxygens (including phenoxy) is 2. The molecule has 3 heteroatoms. The molecule has 0 amide bonds. The summed E-state index contributed by atoms with van der Waals surface area (Å²) in [4.78, 5) is 12.6. The molecule has 0 N–H and O–H groups in total. The van der Waals surface area contributed by atoms with E-state index in [2.05, 4.69) is 20.8 Å². The lowest BCUT2D eigenvalue weighted by Gasteiger charge is -2.65. The van der Waals surface area contributed by atoms with E-state index in [0.29, 0.717) is 22.5 Å². The molecule has 0 aromatic rings. The maximum absolute atomic E-state index is 12.6. The Morgan fingerprint density at radius 1 is 0.880 bits per heavy atom. The Kier molecular flexibility index (Phi) is 3.41. The van der Waals surface area contributed by atoms with E-state index in [0.717, 1.165) is 57.2 Å². The first-order chi connectivity index (χ1) is 11.8. The monoisotopic (exact) mass is 346 g/mol. The molecule has 1 heterocycles. The second kappa shape index (κ2) is 5.10. The summed E-state index contributed by atoms with van der Waals surface area (Å²) in [7, 11) is 0. The fraction of sp³-hybridized carbons (Fsp3) is 0.955. The van der Waals surface area contributed by atoms with E-state index in [1.54, 1.807) is 0 Å². The van der Waals surface area contributed by atoms with E-state index in [9.17, 15) is 4.79 Å². The molecule has 0 unspecified atom stereocenters. The van der Waals surface area contributed by atoms with E-state index in [4.69, 9.17) is 9.47 Å². The number of carbonyl (C=O) groups is 1. The van der Waals surface area contributed by atoms with E-state index >= 15 is 0 Å². The zero-order chi connectivity index (χ0) is 17.5. The summed E-state index contributed by atoms with van der Waals surface area (Å²) < 4.78 is 12.2. The van der Waals surface area contributed by atoms with Crippen molar-refractivity contribution in [3.8, 4) is 0 Å². The van der Waals surface area contributed by atoms with Gasteiger partial charge in [0.25, 0.3) is 0 Å². The van der Waals surface area contributed by atoms with Gasteiger partial charge in [-0.2, -0.15) is 0 Å². The molecule has 4 saturated carbocycles. The molecule has 0 bridgehead atoms. The Bertz CT molecular complexity index is 594. The fourth-order valence-corrected chi connectivity index (χ4v) is 8.12. The Labute approximate surface area is 152 Å². The molecule has 6 atom stereocenters. The Balaban J connectivity index is 1.46. The maximum atomic E-state index is 12.6. The Morgan fingerprint density at radius 2 is 1.64 bits per heavy atom. The molecule has 3 nitrogen and oxygen atoms in total. The summed E-state index contributed by atoms with van der Waals surface area (Å²) in [5.41, 5.74) is 0.690.